The second-order valence-electron chi connectivity index (χ2n) is 5.19. The Bertz CT molecular complexity index is 638. The quantitative estimate of drug-likeness (QED) is 0.398. The zero-order valence-corrected chi connectivity index (χ0v) is 16.1. The topological polar surface area (TPSA) is 148 Å². The smallest absolute Gasteiger partial charge is 0.394 e. The van der Waals surface area contributed by atoms with Crippen LogP contribution in [0.2, 0.25) is 0 Å². The zero-order valence-electron chi connectivity index (χ0n) is 15.3. The van der Waals surface area contributed by atoms with Gasteiger partial charge in [0.2, 0.25) is 0 Å². The van der Waals surface area contributed by atoms with Crippen LogP contribution < -0.4 is 4.74 Å². The molecule has 2 aromatic carbocycles. The molecular formula is C18H27NO8S. The molecule has 0 radical (unpaired) electrons. The van der Waals surface area contributed by atoms with E-state index in [4.69, 9.17) is 37.6 Å². The Kier molecular flexibility index (Phi) is 14.8. The summed E-state index contributed by atoms with van der Waals surface area (Å²) in [5.41, 5.74) is 0. The molecular weight excluding hydrogens is 390 g/mol. The Balaban J connectivity index is 0.000000434. The standard InChI is InChI=1S/C12H10O.C6H15NO3.H2O4S/c1-3-7-11(8-4-1)13-12-9-5-2-6-10-12;8-4-1-7(2-5-9)3-6-10;1-5(2,3)4/h1-10H;8-10H,1-6H2;(H2,1,2,3,4). The van der Waals surface area contributed by atoms with E-state index in [0.717, 1.165) is 11.5 Å². The summed E-state index contributed by atoms with van der Waals surface area (Å²) < 4.78 is 37.2. The first kappa shape index (κ1) is 26.0. The summed E-state index contributed by atoms with van der Waals surface area (Å²) in [5.74, 6) is 1.74. The van der Waals surface area contributed by atoms with Crippen molar-refractivity contribution in [3.8, 4) is 11.5 Å². The van der Waals surface area contributed by atoms with Crippen molar-refractivity contribution in [3.05, 3.63) is 60.7 Å². The summed E-state index contributed by atoms with van der Waals surface area (Å²) in [6.07, 6.45) is 0. The highest BCUT2D eigenvalue weighted by Gasteiger charge is 2.00. The molecule has 0 amide bonds. The summed E-state index contributed by atoms with van der Waals surface area (Å²) >= 11 is 0. The van der Waals surface area contributed by atoms with Crippen LogP contribution in [0.15, 0.2) is 60.7 Å². The molecule has 2 rings (SSSR count). The third kappa shape index (κ3) is 17.4. The molecule has 0 heterocycles. The second-order valence-corrected chi connectivity index (χ2v) is 6.08. The van der Waals surface area contributed by atoms with Gasteiger partial charge in [0.1, 0.15) is 11.5 Å². The lowest BCUT2D eigenvalue weighted by molar-refractivity contribution is 0.136. The van der Waals surface area contributed by atoms with E-state index in [0.29, 0.717) is 19.6 Å². The summed E-state index contributed by atoms with van der Waals surface area (Å²) in [5, 5.41) is 25.5. The number of aliphatic hydroxyl groups is 3. The van der Waals surface area contributed by atoms with Crippen molar-refractivity contribution in [2.75, 3.05) is 39.5 Å². The SMILES string of the molecule is O=S(=O)(O)O.OCCN(CCO)CCO.c1ccc(Oc2ccccc2)cc1. The molecule has 9 nitrogen and oxygen atoms in total. The summed E-state index contributed by atoms with van der Waals surface area (Å²) in [6.45, 7) is 1.75. The summed E-state index contributed by atoms with van der Waals surface area (Å²) in [4.78, 5) is 1.79. The fraction of sp³-hybridized carbons (Fsp3) is 0.333. The van der Waals surface area contributed by atoms with E-state index in [1.54, 1.807) is 4.90 Å². The van der Waals surface area contributed by atoms with Crippen molar-refractivity contribution in [1.29, 1.82) is 0 Å². The van der Waals surface area contributed by atoms with Crippen LogP contribution in [0.4, 0.5) is 0 Å². The van der Waals surface area contributed by atoms with Crippen LogP contribution in [0.25, 0.3) is 0 Å². The maximum Gasteiger partial charge on any atom is 0.394 e. The number of para-hydroxylation sites is 2. The Hall–Kier alpha value is -2.05. The minimum absolute atomic E-state index is 0.0694. The van der Waals surface area contributed by atoms with Crippen LogP contribution in [0.1, 0.15) is 0 Å². The Morgan fingerprint density at radius 3 is 1.21 bits per heavy atom. The van der Waals surface area contributed by atoms with Crippen LogP contribution in [-0.4, -0.2) is 77.2 Å². The predicted molar refractivity (Wildman–Crippen MR) is 105 cm³/mol. The second kappa shape index (κ2) is 16.0. The van der Waals surface area contributed by atoms with Gasteiger partial charge >= 0.3 is 10.4 Å². The minimum atomic E-state index is -4.67. The van der Waals surface area contributed by atoms with Gasteiger partial charge in [-0.25, -0.2) is 0 Å². The van der Waals surface area contributed by atoms with Gasteiger partial charge in [-0.15, -0.1) is 0 Å². The van der Waals surface area contributed by atoms with Gasteiger partial charge in [0, 0.05) is 19.6 Å². The average molecular weight is 417 g/mol. The third-order valence-corrected chi connectivity index (χ3v) is 2.97. The van der Waals surface area contributed by atoms with Gasteiger partial charge in [0.15, 0.2) is 0 Å². The van der Waals surface area contributed by atoms with Gasteiger partial charge in [0.05, 0.1) is 19.8 Å². The Labute approximate surface area is 165 Å². The molecule has 0 atom stereocenters. The minimum Gasteiger partial charge on any atom is -0.457 e. The normalized spacial score (nSPS) is 10.4. The number of hydrogen-bond donors (Lipinski definition) is 5. The Morgan fingerprint density at radius 1 is 0.679 bits per heavy atom. The van der Waals surface area contributed by atoms with Crippen LogP contribution in [-0.2, 0) is 10.4 Å². The molecule has 0 aromatic heterocycles. The zero-order chi connectivity index (χ0) is 21.3. The van der Waals surface area contributed by atoms with Crippen LogP contribution in [0.5, 0.6) is 11.5 Å². The van der Waals surface area contributed by atoms with Crippen molar-refractivity contribution in [1.82, 2.24) is 4.90 Å². The highest BCUT2D eigenvalue weighted by atomic mass is 32.3. The van der Waals surface area contributed by atoms with Gasteiger partial charge in [-0.05, 0) is 24.3 Å². The fourth-order valence-corrected chi connectivity index (χ4v) is 1.87. The molecule has 0 saturated carbocycles. The van der Waals surface area contributed by atoms with Crippen molar-refractivity contribution >= 4 is 10.4 Å². The van der Waals surface area contributed by atoms with Crippen LogP contribution in [0.3, 0.4) is 0 Å². The monoisotopic (exact) mass is 417 g/mol. The van der Waals surface area contributed by atoms with Gasteiger partial charge in [-0.3, -0.25) is 14.0 Å². The van der Waals surface area contributed by atoms with Crippen molar-refractivity contribution in [3.63, 3.8) is 0 Å². The molecule has 158 valence electrons. The summed E-state index contributed by atoms with van der Waals surface area (Å²) in [6, 6.07) is 19.5. The maximum atomic E-state index is 8.74. The Morgan fingerprint density at radius 2 is 0.964 bits per heavy atom. The molecule has 10 heteroatoms. The number of ether oxygens (including phenoxy) is 1. The van der Waals surface area contributed by atoms with Gasteiger partial charge in [0.25, 0.3) is 0 Å². The van der Waals surface area contributed by atoms with Crippen molar-refractivity contribution in [2.45, 2.75) is 0 Å². The first-order chi connectivity index (χ1) is 13.3. The molecule has 0 aliphatic rings. The number of aliphatic hydroxyl groups excluding tert-OH is 3. The third-order valence-electron chi connectivity index (χ3n) is 2.97. The number of hydrogen-bond acceptors (Lipinski definition) is 7. The first-order valence-electron chi connectivity index (χ1n) is 8.33. The van der Waals surface area contributed by atoms with Crippen molar-refractivity contribution < 1.29 is 37.6 Å². The molecule has 0 bridgehead atoms. The number of rotatable bonds is 8. The van der Waals surface area contributed by atoms with E-state index in [1.807, 2.05) is 60.7 Å². The lowest BCUT2D eigenvalue weighted by Crippen LogP contribution is -2.32. The maximum absolute atomic E-state index is 8.74. The molecule has 0 spiro atoms. The van der Waals surface area contributed by atoms with Gasteiger partial charge in [-0.1, -0.05) is 36.4 Å². The molecule has 2 aromatic rings. The average Bonchev–Trinajstić information content (AvgIpc) is 2.63. The lowest BCUT2D eigenvalue weighted by atomic mass is 10.3. The number of nitrogens with zero attached hydrogens (tertiary/aromatic N) is 1. The van der Waals surface area contributed by atoms with E-state index in [-0.39, 0.29) is 19.8 Å². The molecule has 28 heavy (non-hydrogen) atoms. The molecule has 5 N–H and O–H groups in total. The van der Waals surface area contributed by atoms with E-state index < -0.39 is 10.4 Å². The summed E-state index contributed by atoms with van der Waals surface area (Å²) in [7, 11) is -4.67. The van der Waals surface area contributed by atoms with E-state index in [9.17, 15) is 0 Å². The largest absolute Gasteiger partial charge is 0.457 e. The highest BCUT2D eigenvalue weighted by molar-refractivity contribution is 7.79. The van der Waals surface area contributed by atoms with Crippen LogP contribution in [0, 0.1) is 0 Å². The van der Waals surface area contributed by atoms with Gasteiger partial charge in [-0.2, -0.15) is 8.42 Å². The van der Waals surface area contributed by atoms with Crippen molar-refractivity contribution in [2.24, 2.45) is 0 Å². The molecule has 0 aliphatic carbocycles. The van der Waals surface area contributed by atoms with Crippen LogP contribution >= 0.6 is 0 Å². The fourth-order valence-electron chi connectivity index (χ4n) is 1.87. The highest BCUT2D eigenvalue weighted by Crippen LogP contribution is 2.19. The number of benzene rings is 2. The van der Waals surface area contributed by atoms with E-state index >= 15 is 0 Å². The van der Waals surface area contributed by atoms with Gasteiger partial charge < -0.3 is 20.1 Å². The molecule has 0 saturated heterocycles. The lowest BCUT2D eigenvalue weighted by Gasteiger charge is -2.17. The van der Waals surface area contributed by atoms with E-state index in [1.165, 1.54) is 0 Å². The molecule has 0 fully saturated rings. The van der Waals surface area contributed by atoms with E-state index in [2.05, 4.69) is 0 Å². The molecule has 0 unspecified atom stereocenters. The predicted octanol–water partition coefficient (Wildman–Crippen LogP) is 1.09. The molecule has 0 aliphatic heterocycles. The first-order valence-corrected chi connectivity index (χ1v) is 9.72.